The lowest BCUT2D eigenvalue weighted by Gasteiger charge is -2.00. The maximum Gasteiger partial charge on any atom is 0.234 e. The Balaban J connectivity index is 2.39. The standard InChI is InChI=1S/C9H15N5S/c1-5(2)8-11-12-9-14(8)13-7(15-9)4-6(3)10/h5-6H,4,10H2,1-3H3. The normalized spacial score (nSPS) is 13.9. The summed E-state index contributed by atoms with van der Waals surface area (Å²) in [4.78, 5) is 0.856. The highest BCUT2D eigenvalue weighted by Crippen LogP contribution is 2.18. The predicted molar refractivity (Wildman–Crippen MR) is 60.1 cm³/mol. The number of nitrogens with zero attached hydrogens (tertiary/aromatic N) is 4. The van der Waals surface area contributed by atoms with Gasteiger partial charge in [0.25, 0.3) is 0 Å². The topological polar surface area (TPSA) is 69.1 Å². The van der Waals surface area contributed by atoms with E-state index in [1.165, 1.54) is 0 Å². The van der Waals surface area contributed by atoms with Crippen LogP contribution in [0, 0.1) is 0 Å². The summed E-state index contributed by atoms with van der Waals surface area (Å²) in [5.74, 6) is 1.25. The minimum atomic E-state index is 0.135. The Hall–Kier alpha value is -1.01. The third-order valence-corrected chi connectivity index (χ3v) is 2.99. The van der Waals surface area contributed by atoms with Gasteiger partial charge in [-0.3, -0.25) is 0 Å². The van der Waals surface area contributed by atoms with Crippen LogP contribution in [-0.4, -0.2) is 25.9 Å². The summed E-state index contributed by atoms with van der Waals surface area (Å²) in [6, 6.07) is 0.135. The number of aromatic nitrogens is 4. The maximum absolute atomic E-state index is 5.73. The van der Waals surface area contributed by atoms with Crippen molar-refractivity contribution in [3.8, 4) is 0 Å². The molecule has 2 N–H and O–H groups in total. The van der Waals surface area contributed by atoms with E-state index in [0.29, 0.717) is 5.92 Å². The molecule has 2 rings (SSSR count). The molecule has 0 spiro atoms. The molecule has 6 heteroatoms. The van der Waals surface area contributed by atoms with E-state index in [2.05, 4.69) is 29.1 Å². The zero-order valence-corrected chi connectivity index (χ0v) is 9.95. The zero-order valence-electron chi connectivity index (χ0n) is 9.14. The van der Waals surface area contributed by atoms with Crippen molar-refractivity contribution in [2.75, 3.05) is 0 Å². The van der Waals surface area contributed by atoms with Gasteiger partial charge in [0.1, 0.15) is 5.01 Å². The van der Waals surface area contributed by atoms with Gasteiger partial charge in [0.05, 0.1) is 0 Å². The molecule has 0 saturated heterocycles. The van der Waals surface area contributed by atoms with Gasteiger partial charge in [-0.1, -0.05) is 25.2 Å². The molecule has 1 atom stereocenters. The minimum Gasteiger partial charge on any atom is -0.328 e. The van der Waals surface area contributed by atoms with Gasteiger partial charge in [-0.25, -0.2) is 0 Å². The highest BCUT2D eigenvalue weighted by molar-refractivity contribution is 7.16. The van der Waals surface area contributed by atoms with Crippen LogP contribution in [-0.2, 0) is 6.42 Å². The van der Waals surface area contributed by atoms with Gasteiger partial charge in [0.2, 0.25) is 4.96 Å². The first kappa shape index (κ1) is 10.5. The van der Waals surface area contributed by atoms with Gasteiger partial charge in [-0.15, -0.1) is 10.2 Å². The number of rotatable bonds is 3. The molecular formula is C9H15N5S. The molecule has 2 aromatic rings. The molecule has 2 aromatic heterocycles. The van der Waals surface area contributed by atoms with E-state index < -0.39 is 0 Å². The summed E-state index contributed by atoms with van der Waals surface area (Å²) in [5.41, 5.74) is 5.73. The molecule has 5 nitrogen and oxygen atoms in total. The Bertz CT molecular complexity index is 456. The van der Waals surface area contributed by atoms with Crippen LogP contribution in [0.1, 0.15) is 37.5 Å². The fourth-order valence-electron chi connectivity index (χ4n) is 1.39. The van der Waals surface area contributed by atoms with Crippen LogP contribution in [0.5, 0.6) is 0 Å². The summed E-state index contributed by atoms with van der Waals surface area (Å²) in [6.07, 6.45) is 0.797. The second-order valence-corrected chi connectivity index (χ2v) is 5.13. The molecule has 0 bridgehead atoms. The van der Waals surface area contributed by atoms with Crippen LogP contribution in [0.15, 0.2) is 0 Å². The molecular weight excluding hydrogens is 210 g/mol. The molecule has 0 fully saturated rings. The first-order chi connectivity index (χ1) is 7.08. The van der Waals surface area contributed by atoms with Gasteiger partial charge in [0.15, 0.2) is 5.82 Å². The number of nitrogens with two attached hydrogens (primary N) is 1. The van der Waals surface area contributed by atoms with E-state index in [1.54, 1.807) is 11.3 Å². The third kappa shape index (κ3) is 2.00. The highest BCUT2D eigenvalue weighted by Gasteiger charge is 2.14. The third-order valence-electron chi connectivity index (χ3n) is 2.07. The first-order valence-electron chi connectivity index (χ1n) is 5.04. The lowest BCUT2D eigenvalue weighted by Crippen LogP contribution is -2.17. The van der Waals surface area contributed by atoms with Crippen molar-refractivity contribution >= 4 is 16.3 Å². The van der Waals surface area contributed by atoms with E-state index in [4.69, 9.17) is 5.73 Å². The van der Waals surface area contributed by atoms with Crippen molar-refractivity contribution in [1.82, 2.24) is 19.8 Å². The van der Waals surface area contributed by atoms with E-state index in [1.807, 2.05) is 11.4 Å². The van der Waals surface area contributed by atoms with Crippen LogP contribution in [0.25, 0.3) is 4.96 Å². The molecule has 82 valence electrons. The molecule has 0 aliphatic heterocycles. The number of hydrogen-bond donors (Lipinski definition) is 1. The van der Waals surface area contributed by atoms with Crippen molar-refractivity contribution in [2.24, 2.45) is 5.73 Å². The smallest absolute Gasteiger partial charge is 0.234 e. The monoisotopic (exact) mass is 225 g/mol. The molecule has 15 heavy (non-hydrogen) atoms. The van der Waals surface area contributed by atoms with Gasteiger partial charge in [-0.2, -0.15) is 9.61 Å². The van der Waals surface area contributed by atoms with Crippen molar-refractivity contribution in [1.29, 1.82) is 0 Å². The summed E-state index contributed by atoms with van der Waals surface area (Å²) in [6.45, 7) is 6.15. The molecule has 0 saturated carbocycles. The minimum absolute atomic E-state index is 0.135. The molecule has 2 heterocycles. The second kappa shape index (κ2) is 3.86. The van der Waals surface area contributed by atoms with Crippen LogP contribution in [0.4, 0.5) is 0 Å². The maximum atomic E-state index is 5.73. The van der Waals surface area contributed by atoms with Crippen molar-refractivity contribution in [3.63, 3.8) is 0 Å². The predicted octanol–water partition coefficient (Wildman–Crippen LogP) is 1.20. The van der Waals surface area contributed by atoms with E-state index in [9.17, 15) is 0 Å². The summed E-state index contributed by atoms with van der Waals surface area (Å²) in [7, 11) is 0. The average molecular weight is 225 g/mol. The Morgan fingerprint density at radius 2 is 2.07 bits per heavy atom. The highest BCUT2D eigenvalue weighted by atomic mass is 32.1. The van der Waals surface area contributed by atoms with E-state index in [0.717, 1.165) is 22.2 Å². The van der Waals surface area contributed by atoms with E-state index in [-0.39, 0.29) is 6.04 Å². The van der Waals surface area contributed by atoms with Gasteiger partial charge < -0.3 is 5.73 Å². The van der Waals surface area contributed by atoms with Crippen LogP contribution in [0.2, 0.25) is 0 Å². The first-order valence-corrected chi connectivity index (χ1v) is 5.86. The molecule has 0 aliphatic rings. The van der Waals surface area contributed by atoms with Crippen molar-refractivity contribution in [3.05, 3.63) is 10.8 Å². The summed E-state index contributed by atoms with van der Waals surface area (Å²) >= 11 is 1.56. The van der Waals surface area contributed by atoms with Crippen molar-refractivity contribution in [2.45, 2.75) is 39.2 Å². The number of fused-ring (bicyclic) bond motifs is 1. The Kier molecular flexibility index (Phi) is 2.70. The van der Waals surface area contributed by atoms with Gasteiger partial charge in [-0.05, 0) is 6.92 Å². The van der Waals surface area contributed by atoms with E-state index >= 15 is 0 Å². The van der Waals surface area contributed by atoms with Gasteiger partial charge in [0, 0.05) is 18.4 Å². The molecule has 0 amide bonds. The Morgan fingerprint density at radius 3 is 2.67 bits per heavy atom. The fourth-order valence-corrected chi connectivity index (χ4v) is 2.37. The molecule has 1 unspecified atom stereocenters. The SMILES string of the molecule is CC(N)Cc1nn2c(C(C)C)nnc2s1. The second-order valence-electron chi connectivity index (χ2n) is 4.08. The molecule has 0 aliphatic carbocycles. The molecule has 0 aromatic carbocycles. The van der Waals surface area contributed by atoms with Crippen molar-refractivity contribution < 1.29 is 0 Å². The quantitative estimate of drug-likeness (QED) is 0.852. The van der Waals surface area contributed by atoms with Crippen LogP contribution >= 0.6 is 11.3 Å². The lowest BCUT2D eigenvalue weighted by atomic mass is 10.2. The summed E-state index contributed by atoms with van der Waals surface area (Å²) in [5, 5.41) is 13.7. The summed E-state index contributed by atoms with van der Waals surface area (Å²) < 4.78 is 1.83. The number of hydrogen-bond acceptors (Lipinski definition) is 5. The van der Waals surface area contributed by atoms with Gasteiger partial charge >= 0.3 is 0 Å². The Morgan fingerprint density at radius 1 is 1.33 bits per heavy atom. The van der Waals surface area contributed by atoms with Crippen LogP contribution in [0.3, 0.4) is 0 Å². The Labute approximate surface area is 92.3 Å². The lowest BCUT2D eigenvalue weighted by molar-refractivity contribution is 0.690. The zero-order chi connectivity index (χ0) is 11.0. The van der Waals surface area contributed by atoms with Crippen LogP contribution < -0.4 is 5.73 Å². The largest absolute Gasteiger partial charge is 0.328 e. The fraction of sp³-hybridized carbons (Fsp3) is 0.667. The average Bonchev–Trinajstić information content (AvgIpc) is 2.60. The molecule has 0 radical (unpaired) electrons.